The van der Waals surface area contributed by atoms with Crippen LogP contribution in [-0.2, 0) is 0 Å². The Balaban J connectivity index is 3.94. The fourth-order valence-corrected chi connectivity index (χ4v) is 1.65. The molecule has 0 aromatic rings. The molecule has 0 fully saturated rings. The summed E-state index contributed by atoms with van der Waals surface area (Å²) in [6.07, 6.45) is 5.18. The molecule has 0 heterocycles. The minimum absolute atomic E-state index is 0.875. The van der Waals surface area contributed by atoms with Gasteiger partial charge in [0.1, 0.15) is 0 Å². The summed E-state index contributed by atoms with van der Waals surface area (Å²) in [6.45, 7) is 13.9. The van der Waals surface area contributed by atoms with Crippen LogP contribution in [-0.4, -0.2) is 0 Å². The summed E-state index contributed by atoms with van der Waals surface area (Å²) in [7, 11) is 0. The van der Waals surface area contributed by atoms with Crippen molar-refractivity contribution in [3.05, 3.63) is 11.1 Å². The molecule has 0 bridgehead atoms. The lowest BCUT2D eigenvalue weighted by atomic mass is 9.88. The molecule has 0 aromatic heterocycles. The highest BCUT2D eigenvalue weighted by atomic mass is 14.2. The second kappa shape index (κ2) is 7.09. The van der Waals surface area contributed by atoms with Gasteiger partial charge in [-0.1, -0.05) is 45.3 Å². The van der Waals surface area contributed by atoms with Crippen LogP contribution in [0.2, 0.25) is 0 Å². The molecule has 0 aromatic carbocycles. The van der Waals surface area contributed by atoms with Crippen molar-refractivity contribution in [3.63, 3.8) is 0 Å². The van der Waals surface area contributed by atoms with E-state index in [0.717, 1.165) is 11.8 Å². The number of hydrogen-bond donors (Lipinski definition) is 0. The normalized spacial score (nSPS) is 17.6. The third kappa shape index (κ3) is 4.83. The quantitative estimate of drug-likeness (QED) is 0.512. The summed E-state index contributed by atoms with van der Waals surface area (Å²) in [6, 6.07) is 0. The van der Waals surface area contributed by atoms with Crippen molar-refractivity contribution in [1.82, 2.24) is 0 Å². The minimum Gasteiger partial charge on any atom is -0.0747 e. The standard InChI is InChI=1S/C14H28/c1-7-11(3)13(5)9-10-14(6)12(4)8-2/h11,13H,7-10H2,1-6H3. The van der Waals surface area contributed by atoms with Crippen molar-refractivity contribution >= 4 is 0 Å². The van der Waals surface area contributed by atoms with E-state index in [4.69, 9.17) is 0 Å². The summed E-state index contributed by atoms with van der Waals surface area (Å²) in [5, 5.41) is 0. The van der Waals surface area contributed by atoms with Gasteiger partial charge in [0.05, 0.1) is 0 Å². The zero-order valence-electron chi connectivity index (χ0n) is 11.0. The molecule has 0 aliphatic carbocycles. The van der Waals surface area contributed by atoms with Gasteiger partial charge in [0.2, 0.25) is 0 Å². The highest BCUT2D eigenvalue weighted by Crippen LogP contribution is 2.23. The van der Waals surface area contributed by atoms with Crippen molar-refractivity contribution in [2.45, 2.75) is 67.2 Å². The Labute approximate surface area is 90.8 Å². The summed E-state index contributed by atoms with van der Waals surface area (Å²) in [5.74, 6) is 1.75. The largest absolute Gasteiger partial charge is 0.0747 e. The zero-order chi connectivity index (χ0) is 11.1. The van der Waals surface area contributed by atoms with Crippen LogP contribution in [0.4, 0.5) is 0 Å². The molecule has 0 amide bonds. The fraction of sp³-hybridized carbons (Fsp3) is 0.857. The Kier molecular flexibility index (Phi) is 6.96. The molecule has 0 nitrogen and oxygen atoms in total. The molecule has 2 unspecified atom stereocenters. The van der Waals surface area contributed by atoms with E-state index in [0.29, 0.717) is 0 Å². The van der Waals surface area contributed by atoms with Crippen LogP contribution in [0, 0.1) is 11.8 Å². The predicted octanol–water partition coefficient (Wildman–Crippen LogP) is 5.20. The Hall–Kier alpha value is -0.260. The lowest BCUT2D eigenvalue weighted by Crippen LogP contribution is -2.06. The molecule has 0 heteroatoms. The molecule has 0 rings (SSSR count). The van der Waals surface area contributed by atoms with Crippen LogP contribution in [0.15, 0.2) is 11.1 Å². The maximum absolute atomic E-state index is 2.39. The van der Waals surface area contributed by atoms with E-state index in [1.807, 2.05) is 0 Å². The first-order valence-corrected chi connectivity index (χ1v) is 6.18. The third-order valence-corrected chi connectivity index (χ3v) is 3.85. The van der Waals surface area contributed by atoms with Crippen LogP contribution >= 0.6 is 0 Å². The highest BCUT2D eigenvalue weighted by molar-refractivity contribution is 5.08. The van der Waals surface area contributed by atoms with Crippen molar-refractivity contribution in [2.75, 3.05) is 0 Å². The van der Waals surface area contributed by atoms with Gasteiger partial charge in [-0.3, -0.25) is 0 Å². The fourth-order valence-electron chi connectivity index (χ4n) is 1.65. The van der Waals surface area contributed by atoms with E-state index in [9.17, 15) is 0 Å². The average Bonchev–Trinajstić information content (AvgIpc) is 2.22. The van der Waals surface area contributed by atoms with Crippen molar-refractivity contribution in [3.8, 4) is 0 Å². The Morgan fingerprint density at radius 2 is 1.50 bits per heavy atom. The topological polar surface area (TPSA) is 0 Å². The minimum atomic E-state index is 0.875. The van der Waals surface area contributed by atoms with Crippen LogP contribution in [0.3, 0.4) is 0 Å². The van der Waals surface area contributed by atoms with Gasteiger partial charge in [-0.15, -0.1) is 0 Å². The first-order chi connectivity index (χ1) is 6.52. The Morgan fingerprint density at radius 3 is 1.93 bits per heavy atom. The van der Waals surface area contributed by atoms with Gasteiger partial charge in [0.15, 0.2) is 0 Å². The summed E-state index contributed by atoms with van der Waals surface area (Å²) >= 11 is 0. The molecule has 0 N–H and O–H groups in total. The van der Waals surface area contributed by atoms with Crippen molar-refractivity contribution in [1.29, 1.82) is 0 Å². The van der Waals surface area contributed by atoms with E-state index in [2.05, 4.69) is 41.5 Å². The predicted molar refractivity (Wildman–Crippen MR) is 66.5 cm³/mol. The molecule has 2 atom stereocenters. The van der Waals surface area contributed by atoms with E-state index < -0.39 is 0 Å². The van der Waals surface area contributed by atoms with Gasteiger partial charge in [0.25, 0.3) is 0 Å². The van der Waals surface area contributed by atoms with Gasteiger partial charge >= 0.3 is 0 Å². The van der Waals surface area contributed by atoms with Crippen LogP contribution in [0.5, 0.6) is 0 Å². The average molecular weight is 196 g/mol. The molecule has 0 saturated carbocycles. The molecule has 0 spiro atoms. The lowest BCUT2D eigenvalue weighted by Gasteiger charge is -2.18. The lowest BCUT2D eigenvalue weighted by molar-refractivity contribution is 0.355. The highest BCUT2D eigenvalue weighted by Gasteiger charge is 2.10. The van der Waals surface area contributed by atoms with Crippen molar-refractivity contribution < 1.29 is 0 Å². The maximum Gasteiger partial charge on any atom is -0.0318 e. The number of hydrogen-bond acceptors (Lipinski definition) is 0. The third-order valence-electron chi connectivity index (χ3n) is 3.85. The molecular weight excluding hydrogens is 168 g/mol. The van der Waals surface area contributed by atoms with E-state index >= 15 is 0 Å². The smallest absolute Gasteiger partial charge is 0.0318 e. The Bertz CT molecular complexity index is 176. The number of rotatable bonds is 6. The monoisotopic (exact) mass is 196 g/mol. The second-order valence-corrected chi connectivity index (χ2v) is 4.82. The maximum atomic E-state index is 2.39. The van der Waals surface area contributed by atoms with Gasteiger partial charge < -0.3 is 0 Å². The first-order valence-electron chi connectivity index (χ1n) is 6.18. The van der Waals surface area contributed by atoms with Crippen LogP contribution in [0.1, 0.15) is 67.2 Å². The van der Waals surface area contributed by atoms with E-state index in [1.165, 1.54) is 25.7 Å². The molecule has 0 saturated heterocycles. The SMILES string of the molecule is CCC(C)=C(C)CCC(C)C(C)CC. The molecule has 0 aliphatic heterocycles. The van der Waals surface area contributed by atoms with Crippen LogP contribution < -0.4 is 0 Å². The Morgan fingerprint density at radius 1 is 0.929 bits per heavy atom. The molecule has 0 radical (unpaired) electrons. The van der Waals surface area contributed by atoms with E-state index in [1.54, 1.807) is 11.1 Å². The van der Waals surface area contributed by atoms with E-state index in [-0.39, 0.29) is 0 Å². The first kappa shape index (κ1) is 13.7. The summed E-state index contributed by atoms with van der Waals surface area (Å²) in [4.78, 5) is 0. The molecule has 0 aliphatic rings. The second-order valence-electron chi connectivity index (χ2n) is 4.82. The summed E-state index contributed by atoms with van der Waals surface area (Å²) < 4.78 is 0. The number of allylic oxidation sites excluding steroid dienone is 2. The van der Waals surface area contributed by atoms with Gasteiger partial charge in [0, 0.05) is 0 Å². The van der Waals surface area contributed by atoms with Gasteiger partial charge in [-0.2, -0.15) is 0 Å². The summed E-state index contributed by atoms with van der Waals surface area (Å²) in [5.41, 5.74) is 3.20. The van der Waals surface area contributed by atoms with Gasteiger partial charge in [-0.25, -0.2) is 0 Å². The van der Waals surface area contributed by atoms with Crippen LogP contribution in [0.25, 0.3) is 0 Å². The molecule has 14 heavy (non-hydrogen) atoms. The molecular formula is C14H28. The zero-order valence-corrected chi connectivity index (χ0v) is 11.0. The molecule has 84 valence electrons. The van der Waals surface area contributed by atoms with Gasteiger partial charge in [-0.05, 0) is 44.9 Å². The van der Waals surface area contributed by atoms with Crippen molar-refractivity contribution in [2.24, 2.45) is 11.8 Å².